The van der Waals surface area contributed by atoms with Crippen molar-refractivity contribution in [3.63, 3.8) is 0 Å². The minimum Gasteiger partial charge on any atom is -0.347 e. The molecule has 0 radical (unpaired) electrons. The second-order valence-corrected chi connectivity index (χ2v) is 4.98. The maximum absolute atomic E-state index is 11.5. The molecular formula is C10H15N3O3S. The molecule has 0 spiro atoms. The SMILES string of the molecule is CC(NCc1ccc([N+](=O)[O-])s1)C(=O)N(C)C. The Balaban J connectivity index is 2.50. The van der Waals surface area contributed by atoms with Gasteiger partial charge >= 0.3 is 5.00 Å². The molecule has 0 aromatic carbocycles. The molecule has 0 saturated carbocycles. The normalized spacial score (nSPS) is 12.2. The van der Waals surface area contributed by atoms with Gasteiger partial charge in [-0.25, -0.2) is 0 Å². The standard InChI is InChI=1S/C10H15N3O3S/c1-7(10(14)12(2)3)11-6-8-4-5-9(17-8)13(15)16/h4-5,7,11H,6H2,1-3H3. The van der Waals surface area contributed by atoms with Crippen molar-refractivity contribution in [3.05, 3.63) is 27.1 Å². The molecule has 1 N–H and O–H groups in total. The monoisotopic (exact) mass is 257 g/mol. The summed E-state index contributed by atoms with van der Waals surface area (Å²) in [7, 11) is 3.38. The molecule has 94 valence electrons. The van der Waals surface area contributed by atoms with E-state index in [1.54, 1.807) is 27.1 Å². The molecule has 7 heteroatoms. The lowest BCUT2D eigenvalue weighted by Crippen LogP contribution is -2.40. The fourth-order valence-corrected chi connectivity index (χ4v) is 2.06. The Hall–Kier alpha value is -1.47. The highest BCUT2D eigenvalue weighted by Gasteiger charge is 2.15. The summed E-state index contributed by atoms with van der Waals surface area (Å²) in [4.78, 5) is 24.0. The summed E-state index contributed by atoms with van der Waals surface area (Å²) in [6.07, 6.45) is 0. The molecule has 1 aromatic heterocycles. The fourth-order valence-electron chi connectivity index (χ4n) is 1.29. The van der Waals surface area contributed by atoms with Crippen molar-refractivity contribution in [3.8, 4) is 0 Å². The molecule has 0 saturated heterocycles. The van der Waals surface area contributed by atoms with E-state index in [2.05, 4.69) is 5.32 Å². The third-order valence-corrected chi connectivity index (χ3v) is 3.26. The first-order chi connectivity index (χ1) is 7.91. The van der Waals surface area contributed by atoms with E-state index in [9.17, 15) is 14.9 Å². The van der Waals surface area contributed by atoms with Crippen molar-refractivity contribution >= 4 is 22.2 Å². The Labute approximate surface area is 103 Å². The Morgan fingerprint density at radius 1 is 1.59 bits per heavy atom. The van der Waals surface area contributed by atoms with Crippen molar-refractivity contribution < 1.29 is 9.72 Å². The van der Waals surface area contributed by atoms with Crippen LogP contribution in [0.1, 0.15) is 11.8 Å². The first kappa shape index (κ1) is 13.6. The lowest BCUT2D eigenvalue weighted by atomic mass is 10.3. The van der Waals surface area contributed by atoms with Gasteiger partial charge in [-0.05, 0) is 13.0 Å². The minimum absolute atomic E-state index is 0.0175. The van der Waals surface area contributed by atoms with Crippen molar-refractivity contribution in [1.29, 1.82) is 0 Å². The lowest BCUT2D eigenvalue weighted by Gasteiger charge is -2.17. The quantitative estimate of drug-likeness (QED) is 0.635. The zero-order valence-electron chi connectivity index (χ0n) is 9.97. The van der Waals surface area contributed by atoms with Crippen LogP contribution in [0.5, 0.6) is 0 Å². The first-order valence-corrected chi connectivity index (χ1v) is 5.91. The second kappa shape index (κ2) is 5.74. The predicted octanol–water partition coefficient (Wildman–Crippen LogP) is 1.22. The van der Waals surface area contributed by atoms with Crippen LogP contribution < -0.4 is 5.32 Å². The van der Waals surface area contributed by atoms with Crippen molar-refractivity contribution in [2.75, 3.05) is 14.1 Å². The molecule has 1 heterocycles. The molecule has 0 aliphatic carbocycles. The van der Waals surface area contributed by atoms with Gasteiger partial charge in [0.2, 0.25) is 5.91 Å². The fraction of sp³-hybridized carbons (Fsp3) is 0.500. The van der Waals surface area contributed by atoms with Crippen LogP contribution >= 0.6 is 11.3 Å². The van der Waals surface area contributed by atoms with Crippen LogP contribution in [0.15, 0.2) is 12.1 Å². The van der Waals surface area contributed by atoms with Crippen molar-refractivity contribution in [2.45, 2.75) is 19.5 Å². The number of nitro groups is 1. The highest BCUT2D eigenvalue weighted by molar-refractivity contribution is 7.15. The number of rotatable bonds is 5. The molecule has 0 aliphatic rings. The van der Waals surface area contributed by atoms with Gasteiger partial charge in [0.15, 0.2) is 0 Å². The van der Waals surface area contributed by atoms with E-state index in [0.29, 0.717) is 6.54 Å². The molecule has 0 bridgehead atoms. The largest absolute Gasteiger partial charge is 0.347 e. The van der Waals surface area contributed by atoms with Gasteiger partial charge < -0.3 is 10.2 Å². The average Bonchev–Trinajstić information content (AvgIpc) is 2.73. The molecule has 1 amide bonds. The molecule has 1 rings (SSSR count). The van der Waals surface area contributed by atoms with Crippen LogP contribution in [0.4, 0.5) is 5.00 Å². The minimum atomic E-state index is -0.414. The van der Waals surface area contributed by atoms with Gasteiger partial charge in [0.1, 0.15) is 0 Å². The molecule has 6 nitrogen and oxygen atoms in total. The highest BCUT2D eigenvalue weighted by Crippen LogP contribution is 2.23. The number of carbonyl (C=O) groups excluding carboxylic acids is 1. The maximum Gasteiger partial charge on any atom is 0.324 e. The van der Waals surface area contributed by atoms with Crippen LogP contribution in [-0.4, -0.2) is 35.9 Å². The number of likely N-dealkylation sites (N-methyl/N-ethyl adjacent to an activating group) is 1. The van der Waals surface area contributed by atoms with Gasteiger partial charge in [-0.1, -0.05) is 11.3 Å². The van der Waals surface area contributed by atoms with Crippen molar-refractivity contribution in [2.24, 2.45) is 0 Å². The van der Waals surface area contributed by atoms with E-state index < -0.39 is 4.92 Å². The Kier molecular flexibility index (Phi) is 4.59. The first-order valence-electron chi connectivity index (χ1n) is 5.09. The smallest absolute Gasteiger partial charge is 0.324 e. The van der Waals surface area contributed by atoms with Crippen LogP contribution in [0, 0.1) is 10.1 Å². The van der Waals surface area contributed by atoms with E-state index in [4.69, 9.17) is 0 Å². The predicted molar refractivity (Wildman–Crippen MR) is 66.0 cm³/mol. The van der Waals surface area contributed by atoms with E-state index in [0.717, 1.165) is 16.2 Å². The summed E-state index contributed by atoms with van der Waals surface area (Å²) in [6, 6.07) is 2.87. The zero-order chi connectivity index (χ0) is 13.0. The van der Waals surface area contributed by atoms with Gasteiger partial charge in [0.25, 0.3) is 0 Å². The van der Waals surface area contributed by atoms with E-state index in [-0.39, 0.29) is 17.0 Å². The summed E-state index contributed by atoms with van der Waals surface area (Å²) >= 11 is 1.12. The van der Waals surface area contributed by atoms with E-state index in [1.807, 2.05) is 0 Å². The average molecular weight is 257 g/mol. The molecule has 1 unspecified atom stereocenters. The van der Waals surface area contributed by atoms with Gasteiger partial charge in [-0.3, -0.25) is 14.9 Å². The van der Waals surface area contributed by atoms with Gasteiger partial charge in [-0.15, -0.1) is 0 Å². The molecule has 0 fully saturated rings. The number of thiophene rings is 1. The molecule has 1 aromatic rings. The molecule has 1 atom stereocenters. The van der Waals surface area contributed by atoms with Crippen molar-refractivity contribution in [1.82, 2.24) is 10.2 Å². The molecule has 0 aliphatic heterocycles. The van der Waals surface area contributed by atoms with Gasteiger partial charge in [0, 0.05) is 31.6 Å². The molecule has 17 heavy (non-hydrogen) atoms. The Bertz CT molecular complexity index is 417. The second-order valence-electron chi connectivity index (χ2n) is 3.83. The van der Waals surface area contributed by atoms with Crippen LogP contribution in [0.2, 0.25) is 0 Å². The number of amides is 1. The zero-order valence-corrected chi connectivity index (χ0v) is 10.8. The number of hydrogen-bond donors (Lipinski definition) is 1. The van der Waals surface area contributed by atoms with Crippen LogP contribution in [0.25, 0.3) is 0 Å². The number of carbonyl (C=O) groups is 1. The topological polar surface area (TPSA) is 75.5 Å². The summed E-state index contributed by atoms with van der Waals surface area (Å²) in [5.41, 5.74) is 0. The third-order valence-electron chi connectivity index (χ3n) is 2.22. The summed E-state index contributed by atoms with van der Waals surface area (Å²) in [6.45, 7) is 2.23. The Morgan fingerprint density at radius 2 is 2.24 bits per heavy atom. The number of nitrogens with one attached hydrogen (secondary N) is 1. The van der Waals surface area contributed by atoms with Crippen LogP contribution in [-0.2, 0) is 11.3 Å². The number of hydrogen-bond acceptors (Lipinski definition) is 5. The summed E-state index contributed by atoms with van der Waals surface area (Å²) < 4.78 is 0. The summed E-state index contributed by atoms with van der Waals surface area (Å²) in [5.74, 6) is -0.0175. The van der Waals surface area contributed by atoms with Gasteiger partial charge in [-0.2, -0.15) is 0 Å². The summed E-state index contributed by atoms with van der Waals surface area (Å²) in [5, 5.41) is 13.6. The maximum atomic E-state index is 11.5. The number of nitrogens with zero attached hydrogens (tertiary/aromatic N) is 2. The van der Waals surface area contributed by atoms with Gasteiger partial charge in [0.05, 0.1) is 11.0 Å². The third kappa shape index (κ3) is 3.79. The van der Waals surface area contributed by atoms with E-state index >= 15 is 0 Å². The Morgan fingerprint density at radius 3 is 2.71 bits per heavy atom. The lowest BCUT2D eigenvalue weighted by molar-refractivity contribution is -0.380. The van der Waals surface area contributed by atoms with E-state index in [1.165, 1.54) is 11.0 Å². The van der Waals surface area contributed by atoms with Crippen LogP contribution in [0.3, 0.4) is 0 Å². The molecular weight excluding hydrogens is 242 g/mol. The highest BCUT2D eigenvalue weighted by atomic mass is 32.1.